The van der Waals surface area contributed by atoms with E-state index in [1.54, 1.807) is 11.3 Å². The standard InChI is InChI=1S/C15H20N2OS/c1-9(2)6-14(18)17-15-12(8-16)11-5-4-10(3)7-13(11)19-15/h9-10H,4-7H2,1-3H3,(H,17,18)/t10-/m1/s1. The second-order valence-corrected chi connectivity index (χ2v) is 6.92. The van der Waals surface area contributed by atoms with Gasteiger partial charge in [0.2, 0.25) is 5.91 Å². The lowest BCUT2D eigenvalue weighted by Crippen LogP contribution is -2.13. The highest BCUT2D eigenvalue weighted by atomic mass is 32.1. The first kappa shape index (κ1) is 14.1. The smallest absolute Gasteiger partial charge is 0.225 e. The van der Waals surface area contributed by atoms with E-state index in [0.717, 1.165) is 24.3 Å². The first-order valence-corrected chi connectivity index (χ1v) is 7.67. The molecule has 4 heteroatoms. The summed E-state index contributed by atoms with van der Waals surface area (Å²) in [4.78, 5) is 13.1. The molecule has 2 rings (SSSR count). The average Bonchev–Trinajstić information content (AvgIpc) is 2.63. The lowest BCUT2D eigenvalue weighted by atomic mass is 9.88. The van der Waals surface area contributed by atoms with Gasteiger partial charge in [0.15, 0.2) is 0 Å². The third-order valence-corrected chi connectivity index (χ3v) is 4.64. The molecule has 0 saturated carbocycles. The molecule has 1 aromatic rings. The van der Waals surface area contributed by atoms with Crippen molar-refractivity contribution in [2.24, 2.45) is 11.8 Å². The van der Waals surface area contributed by atoms with Crippen LogP contribution >= 0.6 is 11.3 Å². The van der Waals surface area contributed by atoms with Crippen LogP contribution in [0.3, 0.4) is 0 Å². The fourth-order valence-corrected chi connectivity index (χ4v) is 3.88. The summed E-state index contributed by atoms with van der Waals surface area (Å²) in [6.45, 7) is 6.28. The number of hydrogen-bond donors (Lipinski definition) is 1. The van der Waals surface area contributed by atoms with Gasteiger partial charge in [0.25, 0.3) is 0 Å². The van der Waals surface area contributed by atoms with E-state index < -0.39 is 0 Å². The summed E-state index contributed by atoms with van der Waals surface area (Å²) in [7, 11) is 0. The number of rotatable bonds is 3. The van der Waals surface area contributed by atoms with E-state index in [4.69, 9.17) is 0 Å². The van der Waals surface area contributed by atoms with E-state index in [0.29, 0.717) is 23.8 Å². The Kier molecular flexibility index (Phi) is 4.26. The quantitative estimate of drug-likeness (QED) is 0.914. The number of amides is 1. The number of fused-ring (bicyclic) bond motifs is 1. The zero-order valence-electron chi connectivity index (χ0n) is 11.7. The van der Waals surface area contributed by atoms with E-state index in [1.807, 2.05) is 13.8 Å². The van der Waals surface area contributed by atoms with Gasteiger partial charge in [-0.05, 0) is 36.7 Å². The molecular formula is C15H20N2OS. The van der Waals surface area contributed by atoms with Crippen LogP contribution in [0.2, 0.25) is 0 Å². The van der Waals surface area contributed by atoms with Crippen LogP contribution < -0.4 is 5.32 Å². The number of nitriles is 1. The van der Waals surface area contributed by atoms with E-state index in [9.17, 15) is 10.1 Å². The molecule has 1 heterocycles. The van der Waals surface area contributed by atoms with Crippen molar-refractivity contribution < 1.29 is 4.79 Å². The lowest BCUT2D eigenvalue weighted by Gasteiger charge is -2.17. The van der Waals surface area contributed by atoms with Gasteiger partial charge in [0.1, 0.15) is 11.1 Å². The number of carbonyl (C=O) groups is 1. The van der Waals surface area contributed by atoms with Crippen molar-refractivity contribution in [1.82, 2.24) is 0 Å². The summed E-state index contributed by atoms with van der Waals surface area (Å²) in [5.41, 5.74) is 1.87. The number of thiophene rings is 1. The maximum Gasteiger partial charge on any atom is 0.225 e. The molecule has 1 N–H and O–H groups in total. The van der Waals surface area contributed by atoms with Gasteiger partial charge in [-0.2, -0.15) is 5.26 Å². The summed E-state index contributed by atoms with van der Waals surface area (Å²) in [6, 6.07) is 2.27. The van der Waals surface area contributed by atoms with Crippen molar-refractivity contribution in [2.45, 2.75) is 46.5 Å². The van der Waals surface area contributed by atoms with Crippen LogP contribution in [0.1, 0.15) is 49.6 Å². The molecule has 0 unspecified atom stereocenters. The highest BCUT2D eigenvalue weighted by Gasteiger charge is 2.24. The first-order chi connectivity index (χ1) is 9.01. The summed E-state index contributed by atoms with van der Waals surface area (Å²) in [5, 5.41) is 13.0. The van der Waals surface area contributed by atoms with Crippen LogP contribution in [0, 0.1) is 23.2 Å². The zero-order chi connectivity index (χ0) is 14.0. The SMILES string of the molecule is CC(C)CC(=O)Nc1sc2c(c1C#N)CC[C@@H](C)C2. The van der Waals surface area contributed by atoms with Gasteiger partial charge in [-0.3, -0.25) is 4.79 Å². The molecule has 0 saturated heterocycles. The maximum atomic E-state index is 11.9. The monoisotopic (exact) mass is 276 g/mol. The molecule has 1 amide bonds. The minimum absolute atomic E-state index is 0.0122. The van der Waals surface area contributed by atoms with Gasteiger partial charge in [-0.1, -0.05) is 20.8 Å². The summed E-state index contributed by atoms with van der Waals surface area (Å²) >= 11 is 1.59. The highest BCUT2D eigenvalue weighted by Crippen LogP contribution is 2.39. The number of nitrogens with zero attached hydrogens (tertiary/aromatic N) is 1. The Balaban J connectivity index is 2.22. The molecule has 0 aromatic carbocycles. The van der Waals surface area contributed by atoms with Gasteiger partial charge in [0.05, 0.1) is 5.56 Å². The van der Waals surface area contributed by atoms with Crippen LogP contribution in [-0.2, 0) is 17.6 Å². The van der Waals surface area contributed by atoms with Crippen molar-refractivity contribution in [3.63, 3.8) is 0 Å². The molecular weight excluding hydrogens is 256 g/mol. The first-order valence-electron chi connectivity index (χ1n) is 6.85. The third kappa shape index (κ3) is 3.16. The molecule has 0 aliphatic heterocycles. The summed E-state index contributed by atoms with van der Waals surface area (Å²) in [5.74, 6) is 1.02. The minimum Gasteiger partial charge on any atom is -0.317 e. The highest BCUT2D eigenvalue weighted by molar-refractivity contribution is 7.16. The van der Waals surface area contributed by atoms with Crippen LogP contribution in [0.4, 0.5) is 5.00 Å². The largest absolute Gasteiger partial charge is 0.317 e. The Hall–Kier alpha value is -1.34. The fourth-order valence-electron chi connectivity index (χ4n) is 2.51. The van der Waals surface area contributed by atoms with Gasteiger partial charge < -0.3 is 5.32 Å². The van der Waals surface area contributed by atoms with Crippen molar-refractivity contribution in [3.05, 3.63) is 16.0 Å². The van der Waals surface area contributed by atoms with Gasteiger partial charge in [-0.15, -0.1) is 11.3 Å². The Bertz CT molecular complexity index is 525. The maximum absolute atomic E-state index is 11.9. The molecule has 1 atom stereocenters. The van der Waals surface area contributed by atoms with Crippen molar-refractivity contribution in [3.8, 4) is 6.07 Å². The van der Waals surface area contributed by atoms with E-state index in [-0.39, 0.29) is 5.91 Å². The van der Waals surface area contributed by atoms with E-state index in [2.05, 4.69) is 18.3 Å². The summed E-state index contributed by atoms with van der Waals surface area (Å²) in [6.07, 6.45) is 3.65. The molecule has 0 bridgehead atoms. The topological polar surface area (TPSA) is 52.9 Å². The van der Waals surface area contributed by atoms with E-state index >= 15 is 0 Å². The van der Waals surface area contributed by atoms with Crippen molar-refractivity contribution in [1.29, 1.82) is 5.26 Å². The molecule has 0 fully saturated rings. The predicted octanol–water partition coefficient (Wildman–Crippen LogP) is 3.73. The van der Waals surface area contributed by atoms with Gasteiger partial charge >= 0.3 is 0 Å². The molecule has 1 aliphatic rings. The van der Waals surface area contributed by atoms with Crippen LogP contribution in [0.15, 0.2) is 0 Å². The molecule has 1 aromatic heterocycles. The number of nitrogens with one attached hydrogen (secondary N) is 1. The van der Waals surface area contributed by atoms with Crippen molar-refractivity contribution >= 4 is 22.2 Å². The lowest BCUT2D eigenvalue weighted by molar-refractivity contribution is -0.116. The zero-order valence-corrected chi connectivity index (χ0v) is 12.6. The fraction of sp³-hybridized carbons (Fsp3) is 0.600. The Morgan fingerprint density at radius 1 is 1.58 bits per heavy atom. The molecule has 19 heavy (non-hydrogen) atoms. The number of hydrogen-bond acceptors (Lipinski definition) is 3. The van der Waals surface area contributed by atoms with Crippen LogP contribution in [0.25, 0.3) is 0 Å². The van der Waals surface area contributed by atoms with E-state index in [1.165, 1.54) is 10.4 Å². The summed E-state index contributed by atoms with van der Waals surface area (Å²) < 4.78 is 0. The molecule has 0 spiro atoms. The third-order valence-electron chi connectivity index (χ3n) is 3.47. The number of anilines is 1. The Morgan fingerprint density at radius 2 is 2.32 bits per heavy atom. The second-order valence-electron chi connectivity index (χ2n) is 5.81. The Morgan fingerprint density at radius 3 is 2.95 bits per heavy atom. The molecule has 3 nitrogen and oxygen atoms in total. The molecule has 0 radical (unpaired) electrons. The number of carbonyl (C=O) groups excluding carboxylic acids is 1. The van der Waals surface area contributed by atoms with Crippen LogP contribution in [-0.4, -0.2) is 5.91 Å². The predicted molar refractivity (Wildman–Crippen MR) is 78.3 cm³/mol. The molecule has 1 aliphatic carbocycles. The average molecular weight is 276 g/mol. The second kappa shape index (κ2) is 5.75. The van der Waals surface area contributed by atoms with Crippen LogP contribution in [0.5, 0.6) is 0 Å². The minimum atomic E-state index is 0.0122. The molecule has 102 valence electrons. The van der Waals surface area contributed by atoms with Gasteiger partial charge in [-0.25, -0.2) is 0 Å². The van der Waals surface area contributed by atoms with Crippen molar-refractivity contribution in [2.75, 3.05) is 5.32 Å². The van der Waals surface area contributed by atoms with Gasteiger partial charge in [0, 0.05) is 11.3 Å². The Labute approximate surface area is 118 Å². The normalized spacial score (nSPS) is 17.9.